The van der Waals surface area contributed by atoms with Gasteiger partial charge in [-0.25, -0.2) is 4.39 Å². The Labute approximate surface area is 210 Å². The van der Waals surface area contributed by atoms with Gasteiger partial charge in [-0.3, -0.25) is 9.59 Å². The minimum atomic E-state index is -1.00. The molecule has 5 nitrogen and oxygen atoms in total. The normalized spacial score (nSPS) is 23.9. The number of amides is 1. The van der Waals surface area contributed by atoms with Crippen molar-refractivity contribution < 1.29 is 18.7 Å². The second-order valence-corrected chi connectivity index (χ2v) is 9.48. The number of carbonyl (C=O) groups is 2. The van der Waals surface area contributed by atoms with Crippen molar-refractivity contribution in [2.24, 2.45) is 5.92 Å². The molecule has 2 aliphatic heterocycles. The van der Waals surface area contributed by atoms with Crippen molar-refractivity contribution in [1.82, 2.24) is 5.32 Å². The average Bonchev–Trinajstić information content (AvgIpc) is 3.41. The van der Waals surface area contributed by atoms with Gasteiger partial charge in [0.1, 0.15) is 11.6 Å². The molecule has 0 spiro atoms. The molecule has 2 saturated heterocycles. The van der Waals surface area contributed by atoms with Crippen molar-refractivity contribution in [3.8, 4) is 0 Å². The zero-order chi connectivity index (χ0) is 25.0. The number of Topliss-reactive ketones (excluding diaryl/α,β-unsaturated/α-hetero) is 1. The van der Waals surface area contributed by atoms with Gasteiger partial charge in [-0.15, -0.1) is 0 Å². The molecule has 2 heterocycles. The molecular formula is C28H30ClFN2O3. The molecule has 2 unspecified atom stereocenters. The number of aryl methyl sites for hydroxylation is 1. The molecule has 0 saturated carbocycles. The molecule has 1 N–H and O–H groups in total. The number of rotatable bonds is 3. The number of hydrogen-bond donors (Lipinski definition) is 1. The van der Waals surface area contributed by atoms with Gasteiger partial charge in [-0.05, 0) is 55.2 Å². The third-order valence-corrected chi connectivity index (χ3v) is 7.21. The van der Waals surface area contributed by atoms with E-state index in [1.165, 1.54) is 6.07 Å². The van der Waals surface area contributed by atoms with Crippen molar-refractivity contribution in [1.29, 1.82) is 0 Å². The summed E-state index contributed by atoms with van der Waals surface area (Å²) in [7, 11) is 0. The second-order valence-electron chi connectivity index (χ2n) is 9.07. The number of halogens is 2. The first-order valence-electron chi connectivity index (χ1n) is 11.9. The molecular weight excluding hydrogens is 467 g/mol. The van der Waals surface area contributed by atoms with Crippen molar-refractivity contribution in [3.05, 3.63) is 88.2 Å². The van der Waals surface area contributed by atoms with Crippen LogP contribution in [0.15, 0.2) is 66.3 Å². The fourth-order valence-electron chi connectivity index (χ4n) is 4.60. The Hall–Kier alpha value is -2.96. The van der Waals surface area contributed by atoms with Gasteiger partial charge in [0.25, 0.3) is 0 Å². The summed E-state index contributed by atoms with van der Waals surface area (Å²) in [5, 5.41) is 3.86. The van der Waals surface area contributed by atoms with Crippen molar-refractivity contribution in [3.63, 3.8) is 0 Å². The first-order chi connectivity index (χ1) is 16.8. The van der Waals surface area contributed by atoms with Crippen molar-refractivity contribution in [2.45, 2.75) is 32.2 Å². The summed E-state index contributed by atoms with van der Waals surface area (Å²) in [6.45, 7) is 6.03. The topological polar surface area (TPSA) is 58.6 Å². The molecule has 0 radical (unpaired) electrons. The summed E-state index contributed by atoms with van der Waals surface area (Å²) < 4.78 is 20.3. The standard InChI is InChI=1S/C21H23FN2O3.C7H7Cl/c1-14-19(25)13-21(23-20(14)26,15-4-2-3-5-15)16-6-7-18(17(22)12-16)24-8-10-27-11-9-24;1-6-4-2-3-5-7(6)8/h2,4-7,12,14H,3,8-11,13H2,1H3,(H,23,26);2-5H,1H3. The molecule has 0 bridgehead atoms. The largest absolute Gasteiger partial charge is 0.378 e. The van der Waals surface area contributed by atoms with Crippen LogP contribution < -0.4 is 10.2 Å². The van der Waals surface area contributed by atoms with Crippen LogP contribution in [0.4, 0.5) is 10.1 Å². The van der Waals surface area contributed by atoms with Gasteiger partial charge >= 0.3 is 0 Å². The van der Waals surface area contributed by atoms with Crippen molar-refractivity contribution >= 4 is 29.0 Å². The lowest BCUT2D eigenvalue weighted by Crippen LogP contribution is -2.56. The highest BCUT2D eigenvalue weighted by Crippen LogP contribution is 2.41. The highest BCUT2D eigenvalue weighted by molar-refractivity contribution is 6.31. The fraction of sp³-hybridized carbons (Fsp3) is 0.357. The Balaban J connectivity index is 0.000000308. The van der Waals surface area contributed by atoms with Crippen LogP contribution in [-0.2, 0) is 19.9 Å². The zero-order valence-electron chi connectivity index (χ0n) is 20.0. The van der Waals surface area contributed by atoms with Crippen molar-refractivity contribution in [2.75, 3.05) is 31.2 Å². The lowest BCUT2D eigenvalue weighted by atomic mass is 9.74. The van der Waals surface area contributed by atoms with Gasteiger partial charge in [-0.1, -0.05) is 54.1 Å². The molecule has 0 aromatic heterocycles. The lowest BCUT2D eigenvalue weighted by Gasteiger charge is -2.41. The van der Waals surface area contributed by atoms with E-state index in [9.17, 15) is 14.0 Å². The van der Waals surface area contributed by atoms with E-state index < -0.39 is 11.5 Å². The number of ketones is 1. The van der Waals surface area contributed by atoms with Gasteiger partial charge < -0.3 is 15.0 Å². The molecule has 1 amide bonds. The molecule has 3 aliphatic rings. The average molecular weight is 497 g/mol. The second kappa shape index (κ2) is 10.8. The van der Waals surface area contributed by atoms with Gasteiger partial charge in [0.2, 0.25) is 5.91 Å². The van der Waals surface area contributed by atoms with Crippen LogP contribution in [0.25, 0.3) is 0 Å². The Morgan fingerprint density at radius 2 is 1.89 bits per heavy atom. The number of hydrogen-bond acceptors (Lipinski definition) is 4. The molecule has 184 valence electrons. The highest BCUT2D eigenvalue weighted by Gasteiger charge is 2.46. The summed E-state index contributed by atoms with van der Waals surface area (Å²) in [6, 6.07) is 12.8. The minimum Gasteiger partial charge on any atom is -0.378 e. The number of anilines is 1. The quantitative estimate of drug-likeness (QED) is 0.599. The number of piperidine rings is 1. The zero-order valence-corrected chi connectivity index (χ0v) is 20.8. The molecule has 1 aliphatic carbocycles. The van der Waals surface area contributed by atoms with Gasteiger partial charge in [-0.2, -0.15) is 0 Å². The molecule has 2 fully saturated rings. The van der Waals surface area contributed by atoms with E-state index in [1.54, 1.807) is 13.0 Å². The maximum atomic E-state index is 15.0. The number of morpholine rings is 1. The maximum Gasteiger partial charge on any atom is 0.231 e. The number of ether oxygens (including phenoxy) is 1. The predicted octanol–water partition coefficient (Wildman–Crippen LogP) is 5.12. The fourth-order valence-corrected chi connectivity index (χ4v) is 4.73. The Morgan fingerprint density at radius 1 is 1.14 bits per heavy atom. The van der Waals surface area contributed by atoms with Crippen LogP contribution in [0.3, 0.4) is 0 Å². The van der Waals surface area contributed by atoms with E-state index in [-0.39, 0.29) is 23.9 Å². The minimum absolute atomic E-state index is 0.127. The summed E-state index contributed by atoms with van der Waals surface area (Å²) in [6.07, 6.45) is 6.75. The Morgan fingerprint density at radius 3 is 2.46 bits per heavy atom. The van der Waals surface area contributed by atoms with E-state index in [4.69, 9.17) is 16.3 Å². The van der Waals surface area contributed by atoms with Gasteiger partial charge in [0.05, 0.1) is 30.4 Å². The number of nitrogens with zero attached hydrogens (tertiary/aromatic N) is 1. The molecule has 2 aromatic carbocycles. The van der Waals surface area contributed by atoms with E-state index in [1.807, 2.05) is 60.4 Å². The smallest absolute Gasteiger partial charge is 0.231 e. The number of nitrogens with one attached hydrogen (secondary N) is 1. The first-order valence-corrected chi connectivity index (χ1v) is 12.3. The monoisotopic (exact) mass is 496 g/mol. The van der Waals surface area contributed by atoms with E-state index in [0.717, 1.165) is 22.6 Å². The van der Waals surface area contributed by atoms with Crippen LogP contribution in [0.2, 0.25) is 5.02 Å². The van der Waals surface area contributed by atoms with Crippen LogP contribution in [0, 0.1) is 18.7 Å². The number of carbonyl (C=O) groups excluding carboxylic acids is 2. The molecule has 7 heteroatoms. The molecule has 2 atom stereocenters. The maximum absolute atomic E-state index is 15.0. The highest BCUT2D eigenvalue weighted by atomic mass is 35.5. The third kappa shape index (κ3) is 5.34. The van der Waals surface area contributed by atoms with E-state index in [2.05, 4.69) is 5.32 Å². The van der Waals surface area contributed by atoms with E-state index >= 15 is 0 Å². The van der Waals surface area contributed by atoms with Gasteiger partial charge in [0.15, 0.2) is 0 Å². The molecule has 2 aromatic rings. The SMILES string of the molecule is CC1C(=O)CC(C2=CCC=C2)(c2ccc(N3CCOCC3)c(F)c2)NC1=O.Cc1ccccc1Cl. The first kappa shape index (κ1) is 25.1. The number of benzene rings is 2. The van der Waals surface area contributed by atoms with Crippen LogP contribution in [0.5, 0.6) is 0 Å². The Kier molecular flexibility index (Phi) is 7.72. The lowest BCUT2D eigenvalue weighted by molar-refractivity contribution is -0.139. The molecule has 5 rings (SSSR count). The van der Waals surface area contributed by atoms with E-state index in [0.29, 0.717) is 37.6 Å². The summed E-state index contributed by atoms with van der Waals surface area (Å²) >= 11 is 5.71. The number of allylic oxidation sites excluding steroid dienone is 2. The van der Waals surface area contributed by atoms with Gasteiger partial charge in [0, 0.05) is 24.5 Å². The summed E-state index contributed by atoms with van der Waals surface area (Å²) in [5.41, 5.74) is 2.10. The predicted molar refractivity (Wildman–Crippen MR) is 136 cm³/mol. The summed E-state index contributed by atoms with van der Waals surface area (Å²) in [5.74, 6) is -1.47. The van der Waals surface area contributed by atoms with Crippen LogP contribution >= 0.6 is 11.6 Å². The van der Waals surface area contributed by atoms with Crippen LogP contribution in [0.1, 0.15) is 30.9 Å². The Bertz CT molecular complexity index is 1130. The van der Waals surface area contributed by atoms with Crippen LogP contribution in [-0.4, -0.2) is 38.0 Å². The summed E-state index contributed by atoms with van der Waals surface area (Å²) in [4.78, 5) is 26.9. The third-order valence-electron chi connectivity index (χ3n) is 6.79. The molecule has 35 heavy (non-hydrogen) atoms.